The van der Waals surface area contributed by atoms with Gasteiger partial charge in [0.15, 0.2) is 0 Å². The molecule has 0 aliphatic carbocycles. The van der Waals surface area contributed by atoms with Crippen molar-refractivity contribution in [1.82, 2.24) is 0 Å². The predicted molar refractivity (Wildman–Crippen MR) is 98.3 cm³/mol. The van der Waals surface area contributed by atoms with E-state index in [1.807, 2.05) is 10.3 Å². The van der Waals surface area contributed by atoms with E-state index in [-0.39, 0.29) is 11.5 Å². The third-order valence-electron chi connectivity index (χ3n) is 4.98. The molecule has 0 unspecified atom stereocenters. The zero-order valence-corrected chi connectivity index (χ0v) is 15.2. The second-order valence-electron chi connectivity index (χ2n) is 6.42. The number of carboxylic acids is 1. The van der Waals surface area contributed by atoms with Crippen LogP contribution in [-0.4, -0.2) is 43.3 Å². The summed E-state index contributed by atoms with van der Waals surface area (Å²) in [6.45, 7) is 1.16. The molecule has 1 aromatic heterocycles. The molecule has 6 nitrogen and oxygen atoms in total. The molecule has 2 aliphatic rings. The van der Waals surface area contributed by atoms with Crippen LogP contribution >= 0.6 is 11.3 Å². The maximum absolute atomic E-state index is 12.1. The summed E-state index contributed by atoms with van der Waals surface area (Å²) in [5, 5.41) is 11.8. The highest BCUT2D eigenvalue weighted by Crippen LogP contribution is 2.43. The van der Waals surface area contributed by atoms with Crippen molar-refractivity contribution >= 4 is 29.0 Å². The topological polar surface area (TPSA) is 76.1 Å². The summed E-state index contributed by atoms with van der Waals surface area (Å²) < 4.78 is 10.8. The van der Waals surface area contributed by atoms with Crippen molar-refractivity contribution in [1.29, 1.82) is 0 Å². The maximum atomic E-state index is 12.1. The Hall–Kier alpha value is -2.54. The molecule has 2 aliphatic heterocycles. The molecule has 0 bridgehead atoms. The molecule has 7 heteroatoms. The van der Waals surface area contributed by atoms with Gasteiger partial charge in [0, 0.05) is 29.5 Å². The number of anilines is 1. The number of carboxylic acid groups (broad SMARTS) is 1. The Kier molecular flexibility index (Phi) is 4.32. The van der Waals surface area contributed by atoms with Gasteiger partial charge in [0.1, 0.15) is 11.8 Å². The lowest BCUT2D eigenvalue weighted by atomic mass is 10.0. The van der Waals surface area contributed by atoms with E-state index in [2.05, 4.69) is 6.07 Å². The summed E-state index contributed by atoms with van der Waals surface area (Å²) in [5.74, 6) is -0.683. The van der Waals surface area contributed by atoms with Gasteiger partial charge in [-0.25, -0.2) is 9.59 Å². The standard InChI is InChI=1S/C19H19NO5S/c1-24-19(23)14-3-2-6-20(14)15-10-16-13(9-12(15)18(21)22)17-11(4-7-25-16)5-8-26-17/h5,8-10,14H,2-4,6-7H2,1H3,(H,21,22)/t14-/m1/s1. The molecule has 1 N–H and O–H groups in total. The molecule has 136 valence electrons. The van der Waals surface area contributed by atoms with Crippen LogP contribution in [0.3, 0.4) is 0 Å². The number of ether oxygens (including phenoxy) is 2. The average Bonchev–Trinajstić information content (AvgIpc) is 3.27. The molecule has 1 fully saturated rings. The molecular weight excluding hydrogens is 354 g/mol. The first-order chi connectivity index (χ1) is 12.6. The Morgan fingerprint density at radius 1 is 1.38 bits per heavy atom. The molecule has 2 aromatic rings. The number of methoxy groups -OCH3 is 1. The van der Waals surface area contributed by atoms with Crippen LogP contribution in [0.25, 0.3) is 10.4 Å². The fraction of sp³-hybridized carbons (Fsp3) is 0.368. The fourth-order valence-electron chi connectivity index (χ4n) is 3.75. The van der Waals surface area contributed by atoms with Crippen LogP contribution in [0.4, 0.5) is 5.69 Å². The van der Waals surface area contributed by atoms with Gasteiger partial charge in [0.25, 0.3) is 0 Å². The first kappa shape index (κ1) is 16.9. The van der Waals surface area contributed by atoms with Crippen LogP contribution in [0.1, 0.15) is 28.8 Å². The van der Waals surface area contributed by atoms with Gasteiger partial charge >= 0.3 is 11.9 Å². The minimum absolute atomic E-state index is 0.185. The van der Waals surface area contributed by atoms with Gasteiger partial charge in [0.05, 0.1) is 25.0 Å². The van der Waals surface area contributed by atoms with E-state index >= 15 is 0 Å². The summed E-state index contributed by atoms with van der Waals surface area (Å²) in [5.41, 5.74) is 2.68. The van der Waals surface area contributed by atoms with Gasteiger partial charge in [-0.2, -0.15) is 0 Å². The second-order valence-corrected chi connectivity index (χ2v) is 7.33. The lowest BCUT2D eigenvalue weighted by molar-refractivity contribution is -0.141. The number of thiophene rings is 1. The van der Waals surface area contributed by atoms with Crippen molar-refractivity contribution in [3.8, 4) is 16.2 Å². The highest BCUT2D eigenvalue weighted by Gasteiger charge is 2.35. The van der Waals surface area contributed by atoms with Gasteiger partial charge < -0.3 is 19.5 Å². The number of aromatic carboxylic acids is 1. The van der Waals surface area contributed by atoms with Gasteiger partial charge in [-0.1, -0.05) is 0 Å². The van der Waals surface area contributed by atoms with E-state index in [1.165, 1.54) is 12.7 Å². The number of nitrogens with zero attached hydrogens (tertiary/aromatic N) is 1. The Morgan fingerprint density at radius 2 is 2.23 bits per heavy atom. The minimum Gasteiger partial charge on any atom is -0.492 e. The van der Waals surface area contributed by atoms with Crippen molar-refractivity contribution < 1.29 is 24.2 Å². The second kappa shape index (κ2) is 6.64. The minimum atomic E-state index is -1.01. The Morgan fingerprint density at radius 3 is 3.00 bits per heavy atom. The van der Waals surface area contributed by atoms with E-state index in [0.29, 0.717) is 31.0 Å². The van der Waals surface area contributed by atoms with Crippen molar-refractivity contribution in [3.63, 3.8) is 0 Å². The van der Waals surface area contributed by atoms with Crippen LogP contribution in [0.5, 0.6) is 5.75 Å². The Bertz CT molecular complexity index is 875. The average molecular weight is 373 g/mol. The van der Waals surface area contributed by atoms with Crippen molar-refractivity contribution in [3.05, 3.63) is 34.7 Å². The zero-order valence-electron chi connectivity index (χ0n) is 14.4. The third-order valence-corrected chi connectivity index (χ3v) is 5.97. The first-order valence-electron chi connectivity index (χ1n) is 8.55. The lowest BCUT2D eigenvalue weighted by Crippen LogP contribution is -2.37. The van der Waals surface area contributed by atoms with Gasteiger partial charge in [-0.05, 0) is 35.9 Å². The summed E-state index contributed by atoms with van der Waals surface area (Å²) >= 11 is 1.59. The largest absolute Gasteiger partial charge is 0.492 e. The molecule has 0 radical (unpaired) electrons. The number of carbonyl (C=O) groups is 2. The maximum Gasteiger partial charge on any atom is 0.337 e. The van der Waals surface area contributed by atoms with Crippen LogP contribution < -0.4 is 9.64 Å². The predicted octanol–water partition coefficient (Wildman–Crippen LogP) is 3.19. The summed E-state index contributed by atoms with van der Waals surface area (Å²) in [6, 6.07) is 5.05. The highest BCUT2D eigenvalue weighted by molar-refractivity contribution is 7.13. The van der Waals surface area contributed by atoms with Crippen molar-refractivity contribution in [2.75, 3.05) is 25.2 Å². The van der Waals surface area contributed by atoms with Gasteiger partial charge in [0.2, 0.25) is 0 Å². The number of hydrogen-bond acceptors (Lipinski definition) is 6. The first-order valence-corrected chi connectivity index (χ1v) is 9.43. The normalized spacial score (nSPS) is 18.5. The van der Waals surface area contributed by atoms with Crippen molar-refractivity contribution in [2.24, 2.45) is 0 Å². The number of esters is 1. The number of benzene rings is 1. The van der Waals surface area contributed by atoms with E-state index in [9.17, 15) is 14.7 Å². The smallest absolute Gasteiger partial charge is 0.337 e. The van der Waals surface area contributed by atoms with Crippen LogP contribution in [0.15, 0.2) is 23.6 Å². The molecule has 1 aromatic carbocycles. The Balaban J connectivity index is 1.85. The lowest BCUT2D eigenvalue weighted by Gasteiger charge is -2.27. The molecule has 26 heavy (non-hydrogen) atoms. The number of rotatable bonds is 3. The molecule has 3 heterocycles. The molecule has 4 rings (SSSR count). The third kappa shape index (κ3) is 2.72. The van der Waals surface area contributed by atoms with E-state index < -0.39 is 12.0 Å². The van der Waals surface area contributed by atoms with Crippen LogP contribution in [0, 0.1) is 0 Å². The fourth-order valence-corrected chi connectivity index (χ4v) is 4.73. The monoisotopic (exact) mass is 373 g/mol. The van der Waals surface area contributed by atoms with Crippen LogP contribution in [0.2, 0.25) is 0 Å². The quantitative estimate of drug-likeness (QED) is 0.833. The molecule has 0 amide bonds. The Labute approximate surface area is 155 Å². The summed E-state index contributed by atoms with van der Waals surface area (Å²) in [6.07, 6.45) is 2.25. The number of fused-ring (bicyclic) bond motifs is 3. The number of carbonyl (C=O) groups excluding carboxylic acids is 1. The number of hydrogen-bond donors (Lipinski definition) is 1. The molecule has 1 atom stereocenters. The van der Waals surface area contributed by atoms with E-state index in [4.69, 9.17) is 9.47 Å². The molecule has 0 spiro atoms. The van der Waals surface area contributed by atoms with Crippen LogP contribution in [-0.2, 0) is 16.0 Å². The SMILES string of the molecule is COC(=O)[C@H]1CCCN1c1cc2c(cc1C(=O)O)-c1sccc1CCO2. The van der Waals surface area contributed by atoms with E-state index in [1.54, 1.807) is 23.5 Å². The summed E-state index contributed by atoms with van der Waals surface area (Å²) in [4.78, 5) is 27.0. The van der Waals surface area contributed by atoms with Gasteiger partial charge in [-0.15, -0.1) is 11.3 Å². The highest BCUT2D eigenvalue weighted by atomic mass is 32.1. The van der Waals surface area contributed by atoms with E-state index in [0.717, 1.165) is 23.3 Å². The van der Waals surface area contributed by atoms with Gasteiger partial charge in [-0.3, -0.25) is 0 Å². The summed E-state index contributed by atoms with van der Waals surface area (Å²) in [7, 11) is 1.36. The molecular formula is C19H19NO5S. The molecule has 1 saturated heterocycles. The van der Waals surface area contributed by atoms with Crippen molar-refractivity contribution in [2.45, 2.75) is 25.3 Å². The molecule has 0 saturated carbocycles. The zero-order chi connectivity index (χ0) is 18.3.